The van der Waals surface area contributed by atoms with Gasteiger partial charge in [0.1, 0.15) is 16.3 Å². The summed E-state index contributed by atoms with van der Waals surface area (Å²) in [5.74, 6) is 0.181. The fourth-order valence-corrected chi connectivity index (χ4v) is 5.41. The van der Waals surface area contributed by atoms with Crippen LogP contribution in [0.4, 0.5) is 0 Å². The van der Waals surface area contributed by atoms with Crippen LogP contribution < -0.4 is 4.72 Å². The minimum atomic E-state index is -3.83. The molecule has 0 radical (unpaired) electrons. The Balaban J connectivity index is 1.82. The van der Waals surface area contributed by atoms with Crippen LogP contribution in [0.1, 0.15) is 59.7 Å². The second-order valence-electron chi connectivity index (χ2n) is 7.28. The van der Waals surface area contributed by atoms with Crippen LogP contribution in [0.25, 0.3) is 0 Å². The van der Waals surface area contributed by atoms with Crippen LogP contribution in [0.5, 0.6) is 0 Å². The lowest BCUT2D eigenvalue weighted by Crippen LogP contribution is -2.40. The number of furan rings is 1. The maximum atomic E-state index is 13.1. The lowest BCUT2D eigenvalue weighted by atomic mass is 10.1. The number of carbonyl (C=O) groups excluding carboxylic acids is 1. The summed E-state index contributed by atoms with van der Waals surface area (Å²) >= 11 is 0. The van der Waals surface area contributed by atoms with Gasteiger partial charge in [-0.2, -0.15) is 0 Å². The van der Waals surface area contributed by atoms with Gasteiger partial charge in [-0.1, -0.05) is 6.42 Å². The predicted octanol–water partition coefficient (Wildman–Crippen LogP) is 2.91. The molecule has 1 saturated heterocycles. The maximum Gasteiger partial charge on any atom is 0.355 e. The van der Waals surface area contributed by atoms with E-state index in [1.165, 1.54) is 6.42 Å². The third-order valence-corrected chi connectivity index (χ3v) is 6.98. The Morgan fingerprint density at radius 3 is 2.66 bits per heavy atom. The smallest absolute Gasteiger partial charge is 0.355 e. The van der Waals surface area contributed by atoms with Gasteiger partial charge in [0.05, 0.1) is 18.9 Å². The van der Waals surface area contributed by atoms with Crippen molar-refractivity contribution in [3.8, 4) is 0 Å². The average molecular weight is 424 g/mol. The van der Waals surface area contributed by atoms with Crippen LogP contribution in [0, 0.1) is 13.8 Å². The van der Waals surface area contributed by atoms with E-state index >= 15 is 0 Å². The molecule has 9 heteroatoms. The lowest BCUT2D eigenvalue weighted by molar-refractivity contribution is 0.0519. The number of nitrogens with one attached hydrogen (secondary N) is 2. The molecule has 0 spiro atoms. The number of aromatic amines is 1. The molecule has 0 aliphatic carbocycles. The fraction of sp³-hybridized carbons (Fsp3) is 0.550. The Bertz CT molecular complexity index is 928. The van der Waals surface area contributed by atoms with Crippen molar-refractivity contribution in [1.82, 2.24) is 14.6 Å². The van der Waals surface area contributed by atoms with E-state index in [0.29, 0.717) is 11.3 Å². The number of carbonyl (C=O) groups is 1. The summed E-state index contributed by atoms with van der Waals surface area (Å²) in [4.78, 5) is 17.3. The number of esters is 1. The second kappa shape index (κ2) is 9.15. The molecule has 0 unspecified atom stereocenters. The van der Waals surface area contributed by atoms with Gasteiger partial charge in [-0.3, -0.25) is 4.90 Å². The van der Waals surface area contributed by atoms with Crippen molar-refractivity contribution in [2.45, 2.75) is 51.0 Å². The van der Waals surface area contributed by atoms with Crippen molar-refractivity contribution in [2.24, 2.45) is 0 Å². The van der Waals surface area contributed by atoms with Crippen molar-refractivity contribution >= 4 is 16.0 Å². The van der Waals surface area contributed by atoms with Crippen molar-refractivity contribution < 1.29 is 22.4 Å². The third kappa shape index (κ3) is 4.73. The topological polar surface area (TPSA) is 105 Å². The van der Waals surface area contributed by atoms with E-state index in [1.807, 2.05) is 12.1 Å². The van der Waals surface area contributed by atoms with Crippen molar-refractivity contribution in [3.05, 3.63) is 41.1 Å². The van der Waals surface area contributed by atoms with Gasteiger partial charge in [0.2, 0.25) is 10.0 Å². The first-order valence-corrected chi connectivity index (χ1v) is 11.5. The molecule has 0 bridgehead atoms. The lowest BCUT2D eigenvalue weighted by Gasteiger charge is -2.33. The van der Waals surface area contributed by atoms with E-state index in [1.54, 1.807) is 27.0 Å². The van der Waals surface area contributed by atoms with Crippen LogP contribution in [0.3, 0.4) is 0 Å². The molecule has 1 aliphatic heterocycles. The summed E-state index contributed by atoms with van der Waals surface area (Å²) in [5.41, 5.74) is 0.940. The highest BCUT2D eigenvalue weighted by Gasteiger charge is 2.30. The largest absolute Gasteiger partial charge is 0.468 e. The van der Waals surface area contributed by atoms with Gasteiger partial charge in [-0.15, -0.1) is 0 Å². The van der Waals surface area contributed by atoms with Crippen LogP contribution in [-0.4, -0.2) is 50.5 Å². The van der Waals surface area contributed by atoms with Gasteiger partial charge >= 0.3 is 5.97 Å². The van der Waals surface area contributed by atoms with Crippen LogP contribution >= 0.6 is 0 Å². The summed E-state index contributed by atoms with van der Waals surface area (Å²) in [7, 11) is -3.83. The minimum absolute atomic E-state index is 0.0948. The van der Waals surface area contributed by atoms with Gasteiger partial charge in [-0.25, -0.2) is 17.9 Å². The molecule has 3 heterocycles. The van der Waals surface area contributed by atoms with Crippen molar-refractivity contribution in [2.75, 3.05) is 26.2 Å². The fourth-order valence-electron chi connectivity index (χ4n) is 3.92. The molecule has 1 atom stereocenters. The highest BCUT2D eigenvalue weighted by Crippen LogP contribution is 2.27. The summed E-state index contributed by atoms with van der Waals surface area (Å²) in [6, 6.07) is 3.51. The number of aromatic nitrogens is 1. The normalized spacial score (nSPS) is 16.7. The highest BCUT2D eigenvalue weighted by atomic mass is 32.2. The molecule has 2 aromatic heterocycles. The molecule has 160 valence electrons. The van der Waals surface area contributed by atoms with Gasteiger partial charge in [0.15, 0.2) is 0 Å². The summed E-state index contributed by atoms with van der Waals surface area (Å²) < 4.78 is 39.5. The Hall–Kier alpha value is -2.10. The van der Waals surface area contributed by atoms with Crippen LogP contribution in [0.15, 0.2) is 27.7 Å². The standard InChI is InChI=1S/C20H29N3O5S/c1-4-27-20(24)18-14(2)19(15(3)22-18)29(25,26)21-13-16(17-9-8-12-28-17)23-10-6-5-7-11-23/h8-9,12,16,21-22H,4-7,10-11,13H2,1-3H3/t16-/m1/s1. The molecule has 29 heavy (non-hydrogen) atoms. The maximum absolute atomic E-state index is 13.1. The van der Waals surface area contributed by atoms with E-state index in [9.17, 15) is 13.2 Å². The number of hydrogen-bond donors (Lipinski definition) is 2. The molecule has 0 saturated carbocycles. The third-order valence-electron chi connectivity index (χ3n) is 5.29. The number of likely N-dealkylation sites (tertiary alicyclic amines) is 1. The number of rotatable bonds is 8. The van der Waals surface area contributed by atoms with Gasteiger partial charge in [-0.05, 0) is 58.8 Å². The van der Waals surface area contributed by atoms with E-state index in [4.69, 9.17) is 9.15 Å². The molecule has 8 nitrogen and oxygen atoms in total. The van der Waals surface area contributed by atoms with Gasteiger partial charge in [0.25, 0.3) is 0 Å². The molecule has 0 aromatic carbocycles. The first-order valence-electron chi connectivity index (χ1n) is 9.98. The number of aryl methyl sites for hydroxylation is 1. The first-order chi connectivity index (χ1) is 13.8. The van der Waals surface area contributed by atoms with Crippen LogP contribution in [-0.2, 0) is 14.8 Å². The zero-order valence-corrected chi connectivity index (χ0v) is 18.0. The monoisotopic (exact) mass is 423 g/mol. The number of H-pyrrole nitrogens is 1. The van der Waals surface area contributed by atoms with E-state index in [0.717, 1.165) is 31.7 Å². The summed E-state index contributed by atoms with van der Waals surface area (Å²) in [6.07, 6.45) is 4.96. The Morgan fingerprint density at radius 1 is 1.31 bits per heavy atom. The number of sulfonamides is 1. The zero-order valence-electron chi connectivity index (χ0n) is 17.2. The average Bonchev–Trinajstić information content (AvgIpc) is 3.31. The quantitative estimate of drug-likeness (QED) is 0.633. The SMILES string of the molecule is CCOC(=O)c1[nH]c(C)c(S(=O)(=O)NC[C@H](c2ccco2)N2CCCCC2)c1C. The molecule has 1 aliphatic rings. The highest BCUT2D eigenvalue weighted by molar-refractivity contribution is 7.89. The minimum Gasteiger partial charge on any atom is -0.468 e. The Labute approximate surface area is 171 Å². The van der Waals surface area contributed by atoms with E-state index in [2.05, 4.69) is 14.6 Å². The van der Waals surface area contributed by atoms with Crippen molar-refractivity contribution in [1.29, 1.82) is 0 Å². The first kappa shape index (κ1) is 21.6. The Kier molecular flexibility index (Phi) is 6.81. The van der Waals surface area contributed by atoms with Gasteiger partial charge < -0.3 is 14.1 Å². The molecule has 2 aromatic rings. The van der Waals surface area contributed by atoms with Gasteiger partial charge in [0, 0.05) is 17.8 Å². The van der Waals surface area contributed by atoms with Crippen LogP contribution in [0.2, 0.25) is 0 Å². The summed E-state index contributed by atoms with van der Waals surface area (Å²) in [6.45, 7) is 7.17. The molecular weight excluding hydrogens is 394 g/mol. The van der Waals surface area contributed by atoms with Crippen molar-refractivity contribution in [3.63, 3.8) is 0 Å². The summed E-state index contributed by atoms with van der Waals surface area (Å²) in [5, 5.41) is 0. The van der Waals surface area contributed by atoms with E-state index in [-0.39, 0.29) is 29.8 Å². The Morgan fingerprint density at radius 2 is 2.03 bits per heavy atom. The zero-order chi connectivity index (χ0) is 21.0. The molecule has 0 amide bonds. The molecule has 1 fully saturated rings. The predicted molar refractivity (Wildman–Crippen MR) is 108 cm³/mol. The van der Waals surface area contributed by atoms with E-state index < -0.39 is 16.0 Å². The number of nitrogens with zero attached hydrogens (tertiary/aromatic N) is 1. The molecule has 2 N–H and O–H groups in total. The number of ether oxygens (including phenoxy) is 1. The number of piperidine rings is 1. The second-order valence-corrected chi connectivity index (χ2v) is 8.98. The number of hydrogen-bond acceptors (Lipinski definition) is 6. The molecular formula is C20H29N3O5S. The molecule has 3 rings (SSSR count).